The molecule has 138 valence electrons. The first-order valence-electron chi connectivity index (χ1n) is 8.92. The lowest BCUT2D eigenvalue weighted by atomic mass is 9.92. The van der Waals surface area contributed by atoms with Crippen LogP contribution in [0.3, 0.4) is 0 Å². The Kier molecular flexibility index (Phi) is 4.09. The van der Waals surface area contributed by atoms with E-state index in [0.29, 0.717) is 17.2 Å². The van der Waals surface area contributed by atoms with Crippen molar-refractivity contribution in [3.8, 4) is 11.5 Å². The predicted octanol–water partition coefficient (Wildman–Crippen LogP) is 1.92. The number of methoxy groups -OCH3 is 1. The summed E-state index contributed by atoms with van der Waals surface area (Å²) in [6.07, 6.45) is 4.76. The first-order valence-corrected chi connectivity index (χ1v) is 8.92. The number of likely N-dealkylation sites (N-methyl/N-ethyl adjacent to an activating group) is 1. The quantitative estimate of drug-likeness (QED) is 0.769. The Hall–Kier alpha value is -2.57. The molecule has 1 aromatic rings. The van der Waals surface area contributed by atoms with Crippen molar-refractivity contribution in [3.63, 3.8) is 0 Å². The van der Waals surface area contributed by atoms with E-state index >= 15 is 0 Å². The number of hydrogen-bond donors (Lipinski definition) is 0. The van der Waals surface area contributed by atoms with E-state index in [1.165, 1.54) is 17.7 Å². The fraction of sp³-hybridized carbons (Fsp3) is 0.526. The van der Waals surface area contributed by atoms with Crippen molar-refractivity contribution in [2.24, 2.45) is 5.16 Å². The lowest BCUT2D eigenvalue weighted by Gasteiger charge is -2.17. The van der Waals surface area contributed by atoms with Gasteiger partial charge in [-0.15, -0.1) is 0 Å². The van der Waals surface area contributed by atoms with Crippen molar-refractivity contribution in [2.45, 2.75) is 43.8 Å². The zero-order valence-electron chi connectivity index (χ0n) is 15.0. The van der Waals surface area contributed by atoms with Crippen LogP contribution in [-0.4, -0.2) is 54.7 Å². The molecule has 1 saturated heterocycles. The molecule has 1 atom stereocenters. The van der Waals surface area contributed by atoms with Crippen molar-refractivity contribution < 1.29 is 23.9 Å². The maximum absolute atomic E-state index is 12.4. The molecule has 1 amide bonds. The molecule has 0 aromatic heterocycles. The number of ether oxygens (including phenoxy) is 2. The minimum atomic E-state index is -1.49. The lowest BCUT2D eigenvalue weighted by Crippen LogP contribution is -2.43. The maximum Gasteiger partial charge on any atom is 0.279 e. The Morgan fingerprint density at radius 3 is 2.65 bits per heavy atom. The summed E-state index contributed by atoms with van der Waals surface area (Å²) < 4.78 is 11.5. The van der Waals surface area contributed by atoms with Gasteiger partial charge in [0.05, 0.1) is 31.9 Å². The van der Waals surface area contributed by atoms with Gasteiger partial charge in [0.15, 0.2) is 11.5 Å². The van der Waals surface area contributed by atoms with Crippen LogP contribution in [0, 0.1) is 0 Å². The summed E-state index contributed by atoms with van der Waals surface area (Å²) in [7, 11) is 3.20. The number of nitrogens with zero attached hydrogens (tertiary/aromatic N) is 2. The predicted molar refractivity (Wildman–Crippen MR) is 93.5 cm³/mol. The third-order valence-electron chi connectivity index (χ3n) is 5.34. The minimum absolute atomic E-state index is 0.0558. The topological polar surface area (TPSA) is 77.4 Å². The number of likely N-dealkylation sites (tertiary alicyclic amines) is 1. The fourth-order valence-electron chi connectivity index (χ4n) is 3.83. The van der Waals surface area contributed by atoms with E-state index in [4.69, 9.17) is 14.3 Å². The van der Waals surface area contributed by atoms with Crippen LogP contribution in [-0.2, 0) is 14.4 Å². The van der Waals surface area contributed by atoms with Crippen LogP contribution in [0.4, 0.5) is 0 Å². The number of amides is 1. The SMILES string of the molecule is COc1ccc(C2=NOC3(C2)C(=O)CN(C)C3=O)cc1OC1CCCC1. The highest BCUT2D eigenvalue weighted by molar-refractivity contribution is 6.20. The largest absolute Gasteiger partial charge is 0.493 e. The highest BCUT2D eigenvalue weighted by atomic mass is 16.7. The highest BCUT2D eigenvalue weighted by Crippen LogP contribution is 2.37. The summed E-state index contributed by atoms with van der Waals surface area (Å²) in [4.78, 5) is 31.4. The van der Waals surface area contributed by atoms with E-state index in [2.05, 4.69) is 5.16 Å². The van der Waals surface area contributed by atoms with Gasteiger partial charge in [-0.1, -0.05) is 5.16 Å². The molecule has 3 aliphatic rings. The summed E-state index contributed by atoms with van der Waals surface area (Å²) >= 11 is 0. The lowest BCUT2D eigenvalue weighted by molar-refractivity contribution is -0.151. The molecule has 2 fully saturated rings. The zero-order chi connectivity index (χ0) is 18.3. The van der Waals surface area contributed by atoms with Crippen molar-refractivity contribution in [3.05, 3.63) is 23.8 Å². The minimum Gasteiger partial charge on any atom is -0.493 e. The number of hydrogen-bond acceptors (Lipinski definition) is 6. The summed E-state index contributed by atoms with van der Waals surface area (Å²) in [5.41, 5.74) is -0.150. The van der Waals surface area contributed by atoms with E-state index in [1.807, 2.05) is 18.2 Å². The van der Waals surface area contributed by atoms with Gasteiger partial charge in [0.1, 0.15) is 0 Å². The number of benzene rings is 1. The van der Waals surface area contributed by atoms with Crippen LogP contribution in [0.25, 0.3) is 0 Å². The second-order valence-electron chi connectivity index (χ2n) is 7.11. The van der Waals surface area contributed by atoms with Crippen molar-refractivity contribution in [2.75, 3.05) is 20.7 Å². The maximum atomic E-state index is 12.4. The van der Waals surface area contributed by atoms with Gasteiger partial charge in [0.2, 0.25) is 5.78 Å². The molecule has 0 radical (unpaired) electrons. The summed E-state index contributed by atoms with van der Waals surface area (Å²) in [6, 6.07) is 5.51. The number of rotatable bonds is 4. The second-order valence-corrected chi connectivity index (χ2v) is 7.11. The first kappa shape index (κ1) is 16.9. The Morgan fingerprint density at radius 2 is 2.00 bits per heavy atom. The van der Waals surface area contributed by atoms with Gasteiger partial charge in [-0.2, -0.15) is 0 Å². The Bertz CT molecular complexity index is 784. The van der Waals surface area contributed by atoms with Gasteiger partial charge in [-0.25, -0.2) is 0 Å². The molecule has 2 aliphatic heterocycles. The third kappa shape index (κ3) is 2.62. The number of ketones is 1. The second kappa shape index (κ2) is 6.30. The van der Waals surface area contributed by atoms with E-state index in [-0.39, 0.29) is 30.8 Å². The van der Waals surface area contributed by atoms with Crippen LogP contribution >= 0.6 is 0 Å². The Labute approximate surface area is 151 Å². The average molecular weight is 358 g/mol. The van der Waals surface area contributed by atoms with Gasteiger partial charge in [0.25, 0.3) is 11.5 Å². The molecule has 7 nitrogen and oxygen atoms in total. The molecule has 1 saturated carbocycles. The van der Waals surface area contributed by atoms with E-state index in [1.54, 1.807) is 14.2 Å². The van der Waals surface area contributed by atoms with Crippen LogP contribution in [0.15, 0.2) is 23.4 Å². The number of carbonyl (C=O) groups excluding carboxylic acids is 2. The van der Waals surface area contributed by atoms with Crippen molar-refractivity contribution in [1.82, 2.24) is 4.90 Å². The van der Waals surface area contributed by atoms with Gasteiger partial charge in [-0.3, -0.25) is 9.59 Å². The fourth-order valence-corrected chi connectivity index (χ4v) is 3.83. The molecule has 7 heteroatoms. The average Bonchev–Trinajstić information content (AvgIpc) is 3.35. The Morgan fingerprint density at radius 1 is 1.23 bits per heavy atom. The summed E-state index contributed by atoms with van der Waals surface area (Å²) in [6.45, 7) is 0.0558. The molecule has 1 aliphatic carbocycles. The molecule has 0 N–H and O–H groups in total. The molecular weight excluding hydrogens is 336 g/mol. The highest BCUT2D eigenvalue weighted by Gasteiger charge is 2.59. The van der Waals surface area contributed by atoms with Crippen LogP contribution in [0.2, 0.25) is 0 Å². The number of oxime groups is 1. The number of Topliss-reactive ketones (excluding diaryl/α,β-unsaturated/α-hetero) is 1. The summed E-state index contributed by atoms with van der Waals surface area (Å²) in [5, 5.41) is 4.06. The van der Waals surface area contributed by atoms with E-state index < -0.39 is 5.60 Å². The molecular formula is C19H22N2O5. The van der Waals surface area contributed by atoms with Crippen LogP contribution in [0.5, 0.6) is 11.5 Å². The normalized spacial score (nSPS) is 25.8. The molecule has 1 spiro atoms. The zero-order valence-corrected chi connectivity index (χ0v) is 15.0. The summed E-state index contributed by atoms with van der Waals surface area (Å²) in [5.74, 6) is 0.723. The molecule has 1 unspecified atom stereocenters. The third-order valence-corrected chi connectivity index (χ3v) is 5.34. The van der Waals surface area contributed by atoms with Gasteiger partial charge in [0, 0.05) is 12.6 Å². The molecule has 26 heavy (non-hydrogen) atoms. The van der Waals surface area contributed by atoms with Crippen molar-refractivity contribution >= 4 is 17.4 Å². The van der Waals surface area contributed by atoms with E-state index in [9.17, 15) is 9.59 Å². The van der Waals surface area contributed by atoms with Crippen molar-refractivity contribution in [1.29, 1.82) is 0 Å². The number of carbonyl (C=O) groups is 2. The van der Waals surface area contributed by atoms with Crippen LogP contribution < -0.4 is 9.47 Å². The first-order chi connectivity index (χ1) is 12.5. The van der Waals surface area contributed by atoms with Gasteiger partial charge < -0.3 is 19.2 Å². The molecule has 1 aromatic carbocycles. The molecule has 0 bridgehead atoms. The smallest absolute Gasteiger partial charge is 0.279 e. The van der Waals surface area contributed by atoms with Gasteiger partial charge >= 0.3 is 0 Å². The van der Waals surface area contributed by atoms with Gasteiger partial charge in [-0.05, 0) is 43.9 Å². The Balaban J connectivity index is 1.58. The molecule has 2 heterocycles. The van der Waals surface area contributed by atoms with Crippen LogP contribution in [0.1, 0.15) is 37.7 Å². The van der Waals surface area contributed by atoms with E-state index in [0.717, 1.165) is 18.4 Å². The molecule has 4 rings (SSSR count). The monoisotopic (exact) mass is 358 g/mol. The standard InChI is InChI=1S/C19H22N2O5/c1-21-11-17(22)19(18(21)23)10-14(20-26-19)12-7-8-15(24-2)16(9-12)25-13-5-3-4-6-13/h7-9,13H,3-6,10-11H2,1-2H3.